The fourth-order valence-corrected chi connectivity index (χ4v) is 4.57. The highest BCUT2D eigenvalue weighted by Gasteiger charge is 2.30. The maximum absolute atomic E-state index is 12.7. The smallest absolute Gasteiger partial charge is 0.299 e. The van der Waals surface area contributed by atoms with E-state index in [4.69, 9.17) is 4.42 Å². The minimum atomic E-state index is -3.40. The van der Waals surface area contributed by atoms with Gasteiger partial charge in [0.05, 0.1) is 0 Å². The van der Waals surface area contributed by atoms with Gasteiger partial charge < -0.3 is 9.32 Å². The predicted octanol–water partition coefficient (Wildman–Crippen LogP) is 1.32. The molecule has 0 saturated carbocycles. The number of aromatic nitrogens is 2. The van der Waals surface area contributed by atoms with E-state index in [1.807, 2.05) is 24.8 Å². The number of oxazole rings is 1. The molecule has 0 atom stereocenters. The lowest BCUT2D eigenvalue weighted by Crippen LogP contribution is -2.45. The fourth-order valence-electron chi connectivity index (χ4n) is 2.92. The van der Waals surface area contributed by atoms with Gasteiger partial charge in [-0.2, -0.15) is 22.0 Å². The van der Waals surface area contributed by atoms with E-state index in [1.54, 1.807) is 16.6 Å². The Hall–Kier alpha value is -1.71. The Labute approximate surface area is 142 Å². The molecule has 0 amide bonds. The number of anilines is 1. The lowest BCUT2D eigenvalue weighted by atomic mass is 10.4. The van der Waals surface area contributed by atoms with Crippen LogP contribution in [0.25, 0.3) is 11.2 Å². The van der Waals surface area contributed by atoms with E-state index in [0.29, 0.717) is 56.5 Å². The minimum Gasteiger partial charge on any atom is -0.422 e. The predicted molar refractivity (Wildman–Crippen MR) is 92.0 cm³/mol. The molecule has 2 aromatic rings. The van der Waals surface area contributed by atoms with Crippen LogP contribution in [-0.4, -0.2) is 66.3 Å². The summed E-state index contributed by atoms with van der Waals surface area (Å²) < 4.78 is 34.1. The number of hydrogen-bond acceptors (Lipinski definition) is 6. The lowest BCUT2D eigenvalue weighted by molar-refractivity contribution is 0.359. The summed E-state index contributed by atoms with van der Waals surface area (Å²) in [7, 11) is -3.40. The standard InChI is InChI=1S/C15H23N5O3S/c1-3-19(4-2)24(21,22)20-10-6-9-18(11-12-20)15-17-14-13(23-15)7-5-8-16-14/h5,7-8H,3-4,6,9-12H2,1-2H3. The van der Waals surface area contributed by atoms with E-state index >= 15 is 0 Å². The summed E-state index contributed by atoms with van der Waals surface area (Å²) in [5, 5.41) is 0. The molecule has 1 fully saturated rings. The molecule has 3 rings (SSSR count). The molecule has 0 radical (unpaired) electrons. The molecule has 3 heterocycles. The number of pyridine rings is 1. The summed E-state index contributed by atoms with van der Waals surface area (Å²) in [5.41, 5.74) is 1.22. The van der Waals surface area contributed by atoms with Gasteiger partial charge in [0, 0.05) is 45.5 Å². The van der Waals surface area contributed by atoms with Crippen LogP contribution in [0.3, 0.4) is 0 Å². The monoisotopic (exact) mass is 353 g/mol. The van der Waals surface area contributed by atoms with Crippen LogP contribution in [0.5, 0.6) is 0 Å². The summed E-state index contributed by atoms with van der Waals surface area (Å²) in [5.74, 6) is 0. The molecule has 0 spiro atoms. The highest BCUT2D eigenvalue weighted by atomic mass is 32.2. The fraction of sp³-hybridized carbons (Fsp3) is 0.600. The zero-order valence-corrected chi connectivity index (χ0v) is 14.9. The molecule has 132 valence electrons. The van der Waals surface area contributed by atoms with E-state index in [9.17, 15) is 8.42 Å². The maximum atomic E-state index is 12.7. The van der Waals surface area contributed by atoms with Crippen molar-refractivity contribution in [2.75, 3.05) is 44.2 Å². The molecule has 0 aromatic carbocycles. The number of nitrogens with zero attached hydrogens (tertiary/aromatic N) is 5. The van der Waals surface area contributed by atoms with E-state index < -0.39 is 10.2 Å². The summed E-state index contributed by atoms with van der Waals surface area (Å²) >= 11 is 0. The third-order valence-electron chi connectivity index (χ3n) is 4.24. The third kappa shape index (κ3) is 3.24. The van der Waals surface area contributed by atoms with E-state index in [0.717, 1.165) is 6.42 Å². The van der Waals surface area contributed by atoms with Crippen LogP contribution in [0, 0.1) is 0 Å². The van der Waals surface area contributed by atoms with Crippen molar-refractivity contribution in [3.8, 4) is 0 Å². The first-order valence-electron chi connectivity index (χ1n) is 8.28. The Morgan fingerprint density at radius 1 is 1.21 bits per heavy atom. The molecule has 0 unspecified atom stereocenters. The normalized spacial score (nSPS) is 17.5. The van der Waals surface area contributed by atoms with Crippen LogP contribution in [0.1, 0.15) is 20.3 Å². The van der Waals surface area contributed by atoms with Gasteiger partial charge in [-0.25, -0.2) is 4.98 Å². The molecule has 9 heteroatoms. The number of rotatable bonds is 5. The van der Waals surface area contributed by atoms with Gasteiger partial charge in [-0.3, -0.25) is 0 Å². The summed E-state index contributed by atoms with van der Waals surface area (Å²) in [6.07, 6.45) is 2.40. The molecular weight excluding hydrogens is 330 g/mol. The maximum Gasteiger partial charge on any atom is 0.299 e. The zero-order chi connectivity index (χ0) is 17.2. The Bertz CT molecular complexity index is 754. The van der Waals surface area contributed by atoms with Crippen molar-refractivity contribution in [2.24, 2.45) is 0 Å². The highest BCUT2D eigenvalue weighted by molar-refractivity contribution is 7.86. The molecule has 0 aliphatic carbocycles. The van der Waals surface area contributed by atoms with Crippen molar-refractivity contribution in [1.82, 2.24) is 18.6 Å². The van der Waals surface area contributed by atoms with Crippen LogP contribution < -0.4 is 4.90 Å². The van der Waals surface area contributed by atoms with E-state index in [-0.39, 0.29) is 0 Å². The van der Waals surface area contributed by atoms with E-state index in [1.165, 1.54) is 4.31 Å². The van der Waals surface area contributed by atoms with Crippen LogP contribution in [0.2, 0.25) is 0 Å². The second-order valence-electron chi connectivity index (χ2n) is 5.65. The quantitative estimate of drug-likeness (QED) is 0.806. The van der Waals surface area contributed by atoms with Gasteiger partial charge in [-0.1, -0.05) is 13.8 Å². The minimum absolute atomic E-state index is 0.422. The topological polar surface area (TPSA) is 82.8 Å². The van der Waals surface area contributed by atoms with E-state index in [2.05, 4.69) is 9.97 Å². The Morgan fingerprint density at radius 2 is 2.00 bits per heavy atom. The van der Waals surface area contributed by atoms with Gasteiger partial charge >= 0.3 is 0 Å². The summed E-state index contributed by atoms with van der Waals surface area (Å²) in [6, 6.07) is 4.14. The molecule has 1 aliphatic rings. The highest BCUT2D eigenvalue weighted by Crippen LogP contribution is 2.22. The van der Waals surface area contributed by atoms with Crippen molar-refractivity contribution in [3.05, 3.63) is 18.3 Å². The molecular formula is C15H23N5O3S. The van der Waals surface area contributed by atoms with Gasteiger partial charge in [-0.15, -0.1) is 0 Å². The average molecular weight is 353 g/mol. The number of fused-ring (bicyclic) bond motifs is 1. The Balaban J connectivity index is 1.75. The van der Waals surface area contributed by atoms with Crippen molar-refractivity contribution >= 4 is 27.5 Å². The van der Waals surface area contributed by atoms with Crippen molar-refractivity contribution in [1.29, 1.82) is 0 Å². The van der Waals surface area contributed by atoms with Crippen molar-refractivity contribution < 1.29 is 12.8 Å². The van der Waals surface area contributed by atoms with Crippen molar-refractivity contribution in [2.45, 2.75) is 20.3 Å². The summed E-state index contributed by atoms with van der Waals surface area (Å²) in [4.78, 5) is 10.6. The van der Waals surface area contributed by atoms with Crippen LogP contribution in [0.15, 0.2) is 22.7 Å². The lowest BCUT2D eigenvalue weighted by Gasteiger charge is -2.27. The summed E-state index contributed by atoms with van der Waals surface area (Å²) in [6.45, 7) is 6.86. The van der Waals surface area contributed by atoms with Crippen LogP contribution in [-0.2, 0) is 10.2 Å². The molecule has 1 aliphatic heterocycles. The SMILES string of the molecule is CCN(CC)S(=O)(=O)N1CCCN(c2nc3ncccc3o2)CC1. The molecule has 0 bridgehead atoms. The molecule has 0 N–H and O–H groups in total. The molecule has 24 heavy (non-hydrogen) atoms. The largest absolute Gasteiger partial charge is 0.422 e. The van der Waals surface area contributed by atoms with Gasteiger partial charge in [0.25, 0.3) is 16.2 Å². The van der Waals surface area contributed by atoms with Gasteiger partial charge in [-0.05, 0) is 18.6 Å². The van der Waals surface area contributed by atoms with Gasteiger partial charge in [0.15, 0.2) is 5.58 Å². The third-order valence-corrected chi connectivity index (χ3v) is 6.42. The average Bonchev–Trinajstić information content (AvgIpc) is 2.84. The number of hydrogen-bond donors (Lipinski definition) is 0. The second-order valence-corrected chi connectivity index (χ2v) is 7.58. The first-order valence-corrected chi connectivity index (χ1v) is 9.67. The van der Waals surface area contributed by atoms with Crippen molar-refractivity contribution in [3.63, 3.8) is 0 Å². The van der Waals surface area contributed by atoms with Gasteiger partial charge in [0.2, 0.25) is 5.65 Å². The Kier molecular flexibility index (Phi) is 5.02. The zero-order valence-electron chi connectivity index (χ0n) is 14.1. The molecule has 8 nitrogen and oxygen atoms in total. The van der Waals surface area contributed by atoms with Crippen LogP contribution >= 0.6 is 0 Å². The van der Waals surface area contributed by atoms with Gasteiger partial charge in [0.1, 0.15) is 0 Å². The van der Waals surface area contributed by atoms with Crippen LogP contribution in [0.4, 0.5) is 6.01 Å². The first kappa shape index (κ1) is 17.1. The molecule has 2 aromatic heterocycles. The molecule has 1 saturated heterocycles. The first-order chi connectivity index (χ1) is 11.6. The Morgan fingerprint density at radius 3 is 2.71 bits per heavy atom. The second kappa shape index (κ2) is 7.04.